The molecule has 0 unspecified atom stereocenters. The summed E-state index contributed by atoms with van der Waals surface area (Å²) in [4.78, 5) is 24.2. The number of hydrogen-bond donors (Lipinski definition) is 0. The zero-order chi connectivity index (χ0) is 19.8. The van der Waals surface area contributed by atoms with Crippen molar-refractivity contribution < 1.29 is 32.6 Å². The van der Waals surface area contributed by atoms with Gasteiger partial charge in [-0.3, -0.25) is 4.79 Å². The maximum atomic E-state index is 12.3. The highest BCUT2D eigenvalue weighted by atomic mass is 19.3. The molecule has 2 aromatic rings. The molecule has 0 spiro atoms. The van der Waals surface area contributed by atoms with Crippen LogP contribution in [0.5, 0.6) is 11.5 Å². The quantitative estimate of drug-likeness (QED) is 0.394. The molecule has 2 rings (SSSR count). The van der Waals surface area contributed by atoms with E-state index in [-0.39, 0.29) is 11.3 Å². The number of carbonyl (C=O) groups excluding carboxylic acids is 2. The minimum atomic E-state index is -2.94. The van der Waals surface area contributed by atoms with E-state index in [1.807, 2.05) is 0 Å². The van der Waals surface area contributed by atoms with Crippen LogP contribution in [0.1, 0.15) is 22.8 Å². The minimum absolute atomic E-state index is 0.0639. The van der Waals surface area contributed by atoms with Gasteiger partial charge in [0.1, 0.15) is 11.5 Å². The lowest BCUT2D eigenvalue weighted by atomic mass is 10.1. The Morgan fingerprint density at radius 1 is 1.04 bits per heavy atom. The first-order valence-electron chi connectivity index (χ1n) is 8.01. The van der Waals surface area contributed by atoms with E-state index in [0.29, 0.717) is 11.3 Å². The highest BCUT2D eigenvalue weighted by Gasteiger charge is 2.19. The highest BCUT2D eigenvalue weighted by molar-refractivity contribution is 6.01. The number of para-hydroxylation sites is 1. The number of carbonyl (C=O) groups is 2. The lowest BCUT2D eigenvalue weighted by Crippen LogP contribution is -2.23. The third-order valence-electron chi connectivity index (χ3n) is 3.56. The van der Waals surface area contributed by atoms with Crippen molar-refractivity contribution in [2.75, 3.05) is 7.11 Å². The van der Waals surface area contributed by atoms with Crippen molar-refractivity contribution in [3.8, 4) is 11.5 Å². The van der Waals surface area contributed by atoms with Crippen LogP contribution in [0, 0.1) is 0 Å². The summed E-state index contributed by atoms with van der Waals surface area (Å²) in [6, 6.07) is 12.3. The van der Waals surface area contributed by atoms with E-state index >= 15 is 0 Å². The first-order valence-corrected chi connectivity index (χ1v) is 8.01. The Bertz CT molecular complexity index is 815. The van der Waals surface area contributed by atoms with Gasteiger partial charge in [-0.25, -0.2) is 4.79 Å². The number of ketones is 1. The van der Waals surface area contributed by atoms with Gasteiger partial charge < -0.3 is 14.2 Å². The molecule has 1 atom stereocenters. The summed E-state index contributed by atoms with van der Waals surface area (Å²) in [5.41, 5.74) is 0.899. The third kappa shape index (κ3) is 5.91. The molecular weight excluding hydrogens is 358 g/mol. The van der Waals surface area contributed by atoms with E-state index in [1.165, 1.54) is 50.5 Å². The van der Waals surface area contributed by atoms with Crippen LogP contribution < -0.4 is 9.47 Å². The van der Waals surface area contributed by atoms with Gasteiger partial charge in [0.2, 0.25) is 5.78 Å². The average molecular weight is 376 g/mol. The predicted octanol–water partition coefficient (Wildman–Crippen LogP) is 4.12. The number of methoxy groups -OCH3 is 1. The topological polar surface area (TPSA) is 61.8 Å². The molecular formula is C20H18F2O5. The van der Waals surface area contributed by atoms with Crippen LogP contribution in [-0.2, 0) is 9.53 Å². The Labute approximate surface area is 155 Å². The van der Waals surface area contributed by atoms with Crippen molar-refractivity contribution in [3.63, 3.8) is 0 Å². The minimum Gasteiger partial charge on any atom is -0.496 e. The van der Waals surface area contributed by atoms with Crippen molar-refractivity contribution in [1.82, 2.24) is 0 Å². The monoisotopic (exact) mass is 376 g/mol. The number of ether oxygens (including phenoxy) is 3. The zero-order valence-electron chi connectivity index (χ0n) is 14.7. The van der Waals surface area contributed by atoms with Gasteiger partial charge in [0.15, 0.2) is 6.10 Å². The summed E-state index contributed by atoms with van der Waals surface area (Å²) >= 11 is 0. The Kier molecular flexibility index (Phi) is 7.05. The summed E-state index contributed by atoms with van der Waals surface area (Å²) in [7, 11) is 1.52. The van der Waals surface area contributed by atoms with E-state index in [1.54, 1.807) is 24.3 Å². The third-order valence-corrected chi connectivity index (χ3v) is 3.56. The van der Waals surface area contributed by atoms with Crippen LogP contribution in [0.4, 0.5) is 8.78 Å². The molecule has 0 aliphatic rings. The molecule has 5 nitrogen and oxygen atoms in total. The van der Waals surface area contributed by atoms with Crippen molar-refractivity contribution in [2.24, 2.45) is 0 Å². The van der Waals surface area contributed by atoms with Crippen LogP contribution in [0.3, 0.4) is 0 Å². The first kappa shape index (κ1) is 20.1. The molecule has 0 aromatic heterocycles. The Morgan fingerprint density at radius 2 is 1.70 bits per heavy atom. The number of Topliss-reactive ketones (excluding diaryl/α,β-unsaturated/α-hetero) is 1. The van der Waals surface area contributed by atoms with Gasteiger partial charge in [0, 0.05) is 17.2 Å². The second-order valence-electron chi connectivity index (χ2n) is 5.42. The van der Waals surface area contributed by atoms with E-state index in [4.69, 9.17) is 9.47 Å². The number of benzene rings is 2. The Balaban J connectivity index is 1.97. The SMILES string of the molecule is COc1ccccc1/C=C/C(=O)O[C@@H](C)C(=O)c1ccc(OC(F)F)cc1. The molecule has 2 aromatic carbocycles. The van der Waals surface area contributed by atoms with Gasteiger partial charge in [0.25, 0.3) is 0 Å². The number of esters is 1. The molecule has 0 bridgehead atoms. The fourth-order valence-corrected chi connectivity index (χ4v) is 2.26. The standard InChI is InChI=1S/C20H18F2O5/c1-13(19(24)15-7-10-16(11-8-15)27-20(21)22)26-18(23)12-9-14-5-3-4-6-17(14)25-2/h3-13,20H,1-2H3/b12-9+/t13-/m0/s1. The van der Waals surface area contributed by atoms with Crippen LogP contribution in [0.25, 0.3) is 6.08 Å². The smallest absolute Gasteiger partial charge is 0.387 e. The summed E-state index contributed by atoms with van der Waals surface area (Å²) in [5.74, 6) is -0.625. The molecule has 0 fully saturated rings. The summed E-state index contributed by atoms with van der Waals surface area (Å²) < 4.78 is 38.7. The summed E-state index contributed by atoms with van der Waals surface area (Å²) in [6.07, 6.45) is 1.68. The zero-order valence-corrected chi connectivity index (χ0v) is 14.7. The maximum absolute atomic E-state index is 12.3. The van der Waals surface area contributed by atoms with E-state index in [2.05, 4.69) is 4.74 Å². The van der Waals surface area contributed by atoms with Crippen molar-refractivity contribution in [1.29, 1.82) is 0 Å². The van der Waals surface area contributed by atoms with Crippen LogP contribution >= 0.6 is 0 Å². The molecule has 0 saturated carbocycles. The van der Waals surface area contributed by atoms with Gasteiger partial charge >= 0.3 is 12.6 Å². The van der Waals surface area contributed by atoms with E-state index in [0.717, 1.165) is 0 Å². The van der Waals surface area contributed by atoms with Crippen molar-refractivity contribution >= 4 is 17.8 Å². The fraction of sp³-hybridized carbons (Fsp3) is 0.200. The number of hydrogen-bond acceptors (Lipinski definition) is 5. The predicted molar refractivity (Wildman–Crippen MR) is 95.0 cm³/mol. The molecule has 142 valence electrons. The number of halogens is 2. The van der Waals surface area contributed by atoms with Gasteiger partial charge in [-0.05, 0) is 43.3 Å². The number of rotatable bonds is 8. The molecule has 0 N–H and O–H groups in total. The highest BCUT2D eigenvalue weighted by Crippen LogP contribution is 2.19. The normalized spacial score (nSPS) is 12.0. The Morgan fingerprint density at radius 3 is 2.33 bits per heavy atom. The van der Waals surface area contributed by atoms with Crippen molar-refractivity contribution in [3.05, 3.63) is 65.7 Å². The second-order valence-corrected chi connectivity index (χ2v) is 5.42. The molecule has 0 radical (unpaired) electrons. The van der Waals surface area contributed by atoms with Gasteiger partial charge in [0.05, 0.1) is 7.11 Å². The van der Waals surface area contributed by atoms with E-state index < -0.39 is 24.5 Å². The lowest BCUT2D eigenvalue weighted by molar-refractivity contribution is -0.140. The first-order chi connectivity index (χ1) is 12.9. The summed E-state index contributed by atoms with van der Waals surface area (Å²) in [6.45, 7) is -1.51. The van der Waals surface area contributed by atoms with Crippen LogP contribution in [0.15, 0.2) is 54.6 Å². The van der Waals surface area contributed by atoms with Crippen LogP contribution in [-0.4, -0.2) is 31.6 Å². The lowest BCUT2D eigenvalue weighted by Gasteiger charge is -2.11. The van der Waals surface area contributed by atoms with Crippen molar-refractivity contribution in [2.45, 2.75) is 19.6 Å². The average Bonchev–Trinajstić information content (AvgIpc) is 2.66. The molecule has 0 amide bonds. The molecule has 0 saturated heterocycles. The summed E-state index contributed by atoms with van der Waals surface area (Å²) in [5, 5.41) is 0. The molecule has 0 aliphatic carbocycles. The number of alkyl halides is 2. The molecule has 0 heterocycles. The van der Waals surface area contributed by atoms with Gasteiger partial charge in [-0.2, -0.15) is 8.78 Å². The fourth-order valence-electron chi connectivity index (χ4n) is 2.26. The van der Waals surface area contributed by atoms with Gasteiger partial charge in [-0.15, -0.1) is 0 Å². The van der Waals surface area contributed by atoms with Crippen LogP contribution in [0.2, 0.25) is 0 Å². The van der Waals surface area contributed by atoms with E-state index in [9.17, 15) is 18.4 Å². The largest absolute Gasteiger partial charge is 0.496 e. The molecule has 0 aliphatic heterocycles. The molecule has 7 heteroatoms. The Hall–Kier alpha value is -3.22. The molecule has 27 heavy (non-hydrogen) atoms. The maximum Gasteiger partial charge on any atom is 0.387 e. The van der Waals surface area contributed by atoms with Gasteiger partial charge in [-0.1, -0.05) is 18.2 Å². The second kappa shape index (κ2) is 9.47.